The van der Waals surface area contributed by atoms with Crippen LogP contribution in [0, 0.1) is 6.92 Å². The van der Waals surface area contributed by atoms with Gasteiger partial charge in [0.15, 0.2) is 0 Å². The smallest absolute Gasteiger partial charge is 0.253 e. The second-order valence-corrected chi connectivity index (χ2v) is 6.26. The number of hydrogen-bond donors (Lipinski definition) is 1. The monoisotopic (exact) mass is 336 g/mol. The van der Waals surface area contributed by atoms with Crippen LogP contribution in [0.25, 0.3) is 11.0 Å². The molecule has 0 aliphatic heterocycles. The van der Waals surface area contributed by atoms with E-state index in [0.717, 1.165) is 22.1 Å². The first-order valence-electron chi connectivity index (χ1n) is 8.02. The van der Waals surface area contributed by atoms with Gasteiger partial charge in [-0.25, -0.2) is 0 Å². The van der Waals surface area contributed by atoms with E-state index < -0.39 is 0 Å². The second-order valence-electron chi connectivity index (χ2n) is 6.26. The van der Waals surface area contributed by atoms with Gasteiger partial charge in [-0.05, 0) is 42.8 Å². The number of fused-ring (bicyclic) bond motifs is 1. The molecule has 0 spiro atoms. The van der Waals surface area contributed by atoms with E-state index in [4.69, 9.17) is 4.42 Å². The fraction of sp³-hybridized carbons (Fsp3) is 0.200. The summed E-state index contributed by atoms with van der Waals surface area (Å²) in [4.78, 5) is 25.7. The molecule has 0 bridgehead atoms. The summed E-state index contributed by atoms with van der Waals surface area (Å²) in [5.41, 5.74) is 4.00. The highest BCUT2D eigenvalue weighted by atomic mass is 16.3. The molecule has 1 heterocycles. The number of rotatable bonds is 4. The van der Waals surface area contributed by atoms with Gasteiger partial charge >= 0.3 is 0 Å². The summed E-state index contributed by atoms with van der Waals surface area (Å²) in [6.07, 6.45) is 1.86. The van der Waals surface area contributed by atoms with Crippen LogP contribution in [-0.4, -0.2) is 30.8 Å². The van der Waals surface area contributed by atoms with Crippen LogP contribution in [0.4, 0.5) is 5.69 Å². The van der Waals surface area contributed by atoms with Crippen LogP contribution in [0.3, 0.4) is 0 Å². The molecule has 0 saturated carbocycles. The maximum atomic E-state index is 12.3. The van der Waals surface area contributed by atoms with E-state index in [1.165, 1.54) is 4.90 Å². The minimum atomic E-state index is -0.130. The SMILES string of the molecule is Cc1ccc2c(CC(=O)Nc3ccc(C(=O)N(C)C)cc3)coc2c1. The molecule has 0 radical (unpaired) electrons. The van der Waals surface area contributed by atoms with Gasteiger partial charge in [0.1, 0.15) is 5.58 Å². The predicted octanol–water partition coefficient (Wildman–Crippen LogP) is 3.62. The number of amides is 2. The Morgan fingerprint density at radius 2 is 1.80 bits per heavy atom. The molecule has 0 fully saturated rings. The molecular weight excluding hydrogens is 316 g/mol. The maximum absolute atomic E-state index is 12.3. The Labute approximate surface area is 146 Å². The molecule has 3 rings (SSSR count). The van der Waals surface area contributed by atoms with E-state index in [2.05, 4.69) is 5.32 Å². The normalized spacial score (nSPS) is 10.7. The summed E-state index contributed by atoms with van der Waals surface area (Å²) in [6.45, 7) is 2.00. The van der Waals surface area contributed by atoms with Crippen molar-refractivity contribution in [1.29, 1.82) is 0 Å². The third kappa shape index (κ3) is 3.71. The molecule has 5 heteroatoms. The molecule has 3 aromatic rings. The van der Waals surface area contributed by atoms with Crippen molar-refractivity contribution in [3.05, 3.63) is 65.4 Å². The van der Waals surface area contributed by atoms with Gasteiger partial charge in [-0.2, -0.15) is 0 Å². The van der Waals surface area contributed by atoms with Crippen molar-refractivity contribution >= 4 is 28.5 Å². The van der Waals surface area contributed by atoms with Crippen LogP contribution in [-0.2, 0) is 11.2 Å². The number of nitrogens with one attached hydrogen (secondary N) is 1. The minimum absolute atomic E-state index is 0.0713. The summed E-state index contributed by atoms with van der Waals surface area (Å²) in [7, 11) is 3.41. The van der Waals surface area contributed by atoms with Gasteiger partial charge in [-0.1, -0.05) is 12.1 Å². The van der Waals surface area contributed by atoms with Gasteiger partial charge in [-0.15, -0.1) is 0 Å². The summed E-state index contributed by atoms with van der Waals surface area (Å²) in [6, 6.07) is 12.8. The van der Waals surface area contributed by atoms with Crippen molar-refractivity contribution in [2.75, 3.05) is 19.4 Å². The minimum Gasteiger partial charge on any atom is -0.464 e. The fourth-order valence-electron chi connectivity index (χ4n) is 2.66. The fourth-order valence-corrected chi connectivity index (χ4v) is 2.66. The van der Waals surface area contributed by atoms with Crippen molar-refractivity contribution in [3.63, 3.8) is 0 Å². The Bertz CT molecular complexity index is 924. The first-order valence-corrected chi connectivity index (χ1v) is 8.02. The van der Waals surface area contributed by atoms with E-state index in [1.807, 2.05) is 25.1 Å². The van der Waals surface area contributed by atoms with Crippen molar-refractivity contribution in [2.45, 2.75) is 13.3 Å². The number of carbonyl (C=O) groups is 2. The Balaban J connectivity index is 1.68. The van der Waals surface area contributed by atoms with E-state index in [1.54, 1.807) is 44.6 Å². The highest BCUT2D eigenvalue weighted by Gasteiger charge is 2.12. The third-order valence-corrected chi connectivity index (χ3v) is 3.98. The zero-order valence-electron chi connectivity index (χ0n) is 14.5. The number of furan rings is 1. The summed E-state index contributed by atoms with van der Waals surface area (Å²) >= 11 is 0. The van der Waals surface area contributed by atoms with Crippen LogP contribution in [0.5, 0.6) is 0 Å². The summed E-state index contributed by atoms with van der Waals surface area (Å²) in [5.74, 6) is -0.201. The van der Waals surface area contributed by atoms with Gasteiger partial charge < -0.3 is 14.6 Å². The zero-order valence-corrected chi connectivity index (χ0v) is 14.5. The van der Waals surface area contributed by atoms with Crippen molar-refractivity contribution < 1.29 is 14.0 Å². The average molecular weight is 336 g/mol. The molecule has 2 amide bonds. The molecule has 0 aliphatic carbocycles. The summed E-state index contributed by atoms with van der Waals surface area (Å²) in [5, 5.41) is 3.80. The Kier molecular flexibility index (Phi) is 4.57. The van der Waals surface area contributed by atoms with Gasteiger partial charge in [0.25, 0.3) is 5.91 Å². The lowest BCUT2D eigenvalue weighted by Crippen LogP contribution is -2.21. The van der Waals surface area contributed by atoms with Crippen molar-refractivity contribution in [2.24, 2.45) is 0 Å². The molecule has 2 aromatic carbocycles. The number of nitrogens with zero attached hydrogens (tertiary/aromatic N) is 1. The molecule has 0 saturated heterocycles. The van der Waals surface area contributed by atoms with Crippen LogP contribution >= 0.6 is 0 Å². The zero-order chi connectivity index (χ0) is 18.0. The predicted molar refractivity (Wildman–Crippen MR) is 97.7 cm³/mol. The first kappa shape index (κ1) is 16.8. The second kappa shape index (κ2) is 6.81. The van der Waals surface area contributed by atoms with Gasteiger partial charge in [0.05, 0.1) is 12.7 Å². The topological polar surface area (TPSA) is 62.6 Å². The Morgan fingerprint density at radius 3 is 2.48 bits per heavy atom. The molecular formula is C20H20N2O3. The van der Waals surface area contributed by atoms with E-state index in [-0.39, 0.29) is 18.2 Å². The number of benzene rings is 2. The number of carbonyl (C=O) groups excluding carboxylic acids is 2. The van der Waals surface area contributed by atoms with E-state index in [0.29, 0.717) is 11.3 Å². The molecule has 5 nitrogen and oxygen atoms in total. The Hall–Kier alpha value is -3.08. The lowest BCUT2D eigenvalue weighted by Gasteiger charge is -2.11. The Morgan fingerprint density at radius 1 is 1.08 bits per heavy atom. The highest BCUT2D eigenvalue weighted by Crippen LogP contribution is 2.23. The molecule has 0 atom stereocenters. The first-order chi connectivity index (χ1) is 11.9. The lowest BCUT2D eigenvalue weighted by molar-refractivity contribution is -0.115. The lowest BCUT2D eigenvalue weighted by atomic mass is 10.1. The molecule has 0 unspecified atom stereocenters. The number of hydrogen-bond acceptors (Lipinski definition) is 3. The maximum Gasteiger partial charge on any atom is 0.253 e. The van der Waals surface area contributed by atoms with Crippen LogP contribution in [0.1, 0.15) is 21.5 Å². The highest BCUT2D eigenvalue weighted by molar-refractivity contribution is 5.97. The molecule has 0 aliphatic rings. The van der Waals surface area contributed by atoms with Crippen molar-refractivity contribution in [1.82, 2.24) is 4.90 Å². The average Bonchev–Trinajstić information content (AvgIpc) is 2.96. The van der Waals surface area contributed by atoms with Crippen molar-refractivity contribution in [3.8, 4) is 0 Å². The third-order valence-electron chi connectivity index (χ3n) is 3.98. The molecule has 25 heavy (non-hydrogen) atoms. The van der Waals surface area contributed by atoms with Gasteiger partial charge in [-0.3, -0.25) is 9.59 Å². The number of aryl methyl sites for hydroxylation is 1. The van der Waals surface area contributed by atoms with Crippen LogP contribution < -0.4 is 5.32 Å². The number of anilines is 1. The summed E-state index contributed by atoms with van der Waals surface area (Å²) < 4.78 is 5.52. The van der Waals surface area contributed by atoms with Gasteiger partial charge in [0, 0.05) is 36.3 Å². The quantitative estimate of drug-likeness (QED) is 0.791. The molecule has 128 valence electrons. The van der Waals surface area contributed by atoms with Crippen LogP contribution in [0.2, 0.25) is 0 Å². The van der Waals surface area contributed by atoms with Crippen LogP contribution in [0.15, 0.2) is 53.1 Å². The molecule has 1 N–H and O–H groups in total. The molecule has 1 aromatic heterocycles. The van der Waals surface area contributed by atoms with E-state index >= 15 is 0 Å². The van der Waals surface area contributed by atoms with E-state index in [9.17, 15) is 9.59 Å². The largest absolute Gasteiger partial charge is 0.464 e. The van der Waals surface area contributed by atoms with Gasteiger partial charge in [0.2, 0.25) is 5.91 Å². The standard InChI is InChI=1S/C20H20N2O3/c1-13-4-9-17-15(12-25-18(17)10-13)11-19(23)21-16-7-5-14(6-8-16)20(24)22(2)3/h4-10,12H,11H2,1-3H3,(H,21,23).